The fraction of sp³-hybridized carbons (Fsp3) is 0.643. The van der Waals surface area contributed by atoms with Crippen molar-refractivity contribution in [3.63, 3.8) is 0 Å². The summed E-state index contributed by atoms with van der Waals surface area (Å²) in [6, 6.07) is 0. The molecule has 0 radical (unpaired) electrons. The predicted molar refractivity (Wildman–Crippen MR) is 87.7 cm³/mol. The van der Waals surface area contributed by atoms with Crippen LogP contribution in [0.25, 0.3) is 0 Å². The lowest BCUT2D eigenvalue weighted by Gasteiger charge is -2.40. The van der Waals surface area contributed by atoms with Crippen molar-refractivity contribution in [3.8, 4) is 0 Å². The first kappa shape index (κ1) is 14.2. The summed E-state index contributed by atoms with van der Waals surface area (Å²) in [4.78, 5) is 8.80. The molecule has 2 aliphatic heterocycles. The fourth-order valence-corrected chi connectivity index (χ4v) is 4.41. The van der Waals surface area contributed by atoms with Crippen LogP contribution in [0.15, 0.2) is 26.8 Å². The number of hydrogen-bond donors (Lipinski definition) is 2. The van der Waals surface area contributed by atoms with Gasteiger partial charge in [0.1, 0.15) is 21.4 Å². The SMILES string of the molecule is CN1C(I)=C2C(N)=NC=CN2C1C1CCC(CO)CC1. The minimum Gasteiger partial charge on any atom is -0.396 e. The lowest BCUT2D eigenvalue weighted by molar-refractivity contribution is 0.0828. The Labute approximate surface area is 133 Å². The maximum Gasteiger partial charge on any atom is 0.150 e. The third kappa shape index (κ3) is 2.22. The van der Waals surface area contributed by atoms with Crippen LogP contribution in [0, 0.1) is 11.8 Å². The summed E-state index contributed by atoms with van der Waals surface area (Å²) >= 11 is 2.36. The molecule has 20 heavy (non-hydrogen) atoms. The molecular formula is C14H21IN4O. The summed E-state index contributed by atoms with van der Waals surface area (Å²) in [6.45, 7) is 0.331. The topological polar surface area (TPSA) is 65.1 Å². The summed E-state index contributed by atoms with van der Waals surface area (Å²) in [7, 11) is 2.14. The van der Waals surface area contributed by atoms with Crippen molar-refractivity contribution >= 4 is 28.4 Å². The summed E-state index contributed by atoms with van der Waals surface area (Å²) in [5.74, 6) is 1.71. The molecular weight excluding hydrogens is 367 g/mol. The Morgan fingerprint density at radius 3 is 2.75 bits per heavy atom. The molecule has 0 spiro atoms. The maximum absolute atomic E-state index is 9.29. The van der Waals surface area contributed by atoms with Crippen molar-refractivity contribution in [2.45, 2.75) is 31.8 Å². The zero-order valence-corrected chi connectivity index (χ0v) is 13.8. The van der Waals surface area contributed by atoms with Crippen LogP contribution in [0.4, 0.5) is 0 Å². The van der Waals surface area contributed by atoms with Crippen LogP contribution in [0.1, 0.15) is 25.7 Å². The van der Waals surface area contributed by atoms with Gasteiger partial charge in [0.2, 0.25) is 0 Å². The largest absolute Gasteiger partial charge is 0.396 e. The lowest BCUT2D eigenvalue weighted by Crippen LogP contribution is -2.44. The zero-order valence-electron chi connectivity index (χ0n) is 11.7. The van der Waals surface area contributed by atoms with Crippen LogP contribution in [0.3, 0.4) is 0 Å². The highest BCUT2D eigenvalue weighted by atomic mass is 127. The molecule has 110 valence electrons. The Balaban J connectivity index is 1.80. The van der Waals surface area contributed by atoms with Crippen LogP contribution in [-0.4, -0.2) is 40.6 Å². The number of aliphatic hydroxyl groups is 1. The molecule has 1 fully saturated rings. The van der Waals surface area contributed by atoms with Gasteiger partial charge >= 0.3 is 0 Å². The Morgan fingerprint density at radius 1 is 1.40 bits per heavy atom. The number of amidine groups is 1. The van der Waals surface area contributed by atoms with E-state index in [1.54, 1.807) is 6.20 Å². The second-order valence-corrected chi connectivity index (χ2v) is 6.87. The van der Waals surface area contributed by atoms with Gasteiger partial charge in [0.05, 0.1) is 0 Å². The zero-order chi connectivity index (χ0) is 14.3. The number of aliphatic hydroxyl groups excluding tert-OH is 1. The third-order valence-electron chi connectivity index (χ3n) is 4.70. The number of rotatable bonds is 2. The summed E-state index contributed by atoms with van der Waals surface area (Å²) in [5.41, 5.74) is 7.09. The second-order valence-electron chi connectivity index (χ2n) is 5.85. The lowest BCUT2D eigenvalue weighted by atomic mass is 9.80. The van der Waals surface area contributed by atoms with Crippen LogP contribution >= 0.6 is 22.6 Å². The number of fused-ring (bicyclic) bond motifs is 1. The molecule has 1 saturated carbocycles. The summed E-state index contributed by atoms with van der Waals surface area (Å²) < 4.78 is 1.17. The van der Waals surface area contributed by atoms with Crippen molar-refractivity contribution < 1.29 is 5.11 Å². The number of nitrogens with two attached hydrogens (primary N) is 1. The molecule has 6 heteroatoms. The van der Waals surface area contributed by atoms with E-state index in [9.17, 15) is 5.11 Å². The third-order valence-corrected chi connectivity index (χ3v) is 5.97. The quantitative estimate of drug-likeness (QED) is 0.560. The Hall–Kier alpha value is -0.760. The van der Waals surface area contributed by atoms with E-state index in [2.05, 4.69) is 44.4 Å². The molecule has 0 amide bonds. The van der Waals surface area contributed by atoms with Gasteiger partial charge < -0.3 is 20.6 Å². The summed E-state index contributed by atoms with van der Waals surface area (Å²) in [5, 5.41) is 9.29. The molecule has 0 aromatic rings. The van der Waals surface area contributed by atoms with Crippen molar-refractivity contribution in [1.29, 1.82) is 0 Å². The van der Waals surface area contributed by atoms with Gasteiger partial charge in [-0.05, 0) is 60.1 Å². The minimum absolute atomic E-state index is 0.331. The van der Waals surface area contributed by atoms with E-state index in [1.165, 1.54) is 16.5 Å². The molecule has 0 bridgehead atoms. The van der Waals surface area contributed by atoms with Gasteiger partial charge in [-0.2, -0.15) is 0 Å². The molecule has 0 saturated heterocycles. The van der Waals surface area contributed by atoms with Crippen molar-refractivity contribution in [2.75, 3.05) is 13.7 Å². The van der Waals surface area contributed by atoms with E-state index in [1.807, 2.05) is 6.20 Å². The first-order valence-corrected chi connectivity index (χ1v) is 8.23. The highest BCUT2D eigenvalue weighted by Gasteiger charge is 2.42. The van der Waals surface area contributed by atoms with E-state index in [4.69, 9.17) is 5.73 Å². The van der Waals surface area contributed by atoms with Crippen molar-refractivity contribution in [1.82, 2.24) is 9.80 Å². The molecule has 2 heterocycles. The van der Waals surface area contributed by atoms with Gasteiger partial charge in [-0.25, -0.2) is 4.99 Å². The minimum atomic E-state index is 0.331. The number of aliphatic imine (C=N–C) groups is 1. The highest BCUT2D eigenvalue weighted by Crippen LogP contribution is 2.42. The average molecular weight is 388 g/mol. The first-order chi connectivity index (χ1) is 9.63. The number of hydrogen-bond acceptors (Lipinski definition) is 5. The summed E-state index contributed by atoms with van der Waals surface area (Å²) in [6.07, 6.45) is 8.74. The van der Waals surface area contributed by atoms with Crippen LogP contribution in [0.2, 0.25) is 0 Å². The number of nitrogens with zero attached hydrogens (tertiary/aromatic N) is 3. The second kappa shape index (κ2) is 5.55. The fourth-order valence-electron chi connectivity index (χ4n) is 3.57. The monoisotopic (exact) mass is 388 g/mol. The van der Waals surface area contributed by atoms with E-state index in [-0.39, 0.29) is 0 Å². The van der Waals surface area contributed by atoms with E-state index in [0.717, 1.165) is 18.5 Å². The molecule has 3 aliphatic rings. The molecule has 0 aromatic carbocycles. The first-order valence-electron chi connectivity index (χ1n) is 7.15. The average Bonchev–Trinajstić information content (AvgIpc) is 2.72. The van der Waals surface area contributed by atoms with E-state index in [0.29, 0.717) is 30.4 Å². The highest BCUT2D eigenvalue weighted by molar-refractivity contribution is 14.1. The van der Waals surface area contributed by atoms with Crippen LogP contribution in [0.5, 0.6) is 0 Å². The molecule has 3 N–H and O–H groups in total. The van der Waals surface area contributed by atoms with E-state index < -0.39 is 0 Å². The molecule has 5 nitrogen and oxygen atoms in total. The molecule has 0 aromatic heterocycles. The van der Waals surface area contributed by atoms with Gasteiger partial charge in [-0.15, -0.1) is 0 Å². The Kier molecular flexibility index (Phi) is 3.94. The predicted octanol–water partition coefficient (Wildman–Crippen LogP) is 1.80. The molecule has 1 aliphatic carbocycles. The van der Waals surface area contributed by atoms with Crippen LogP contribution in [-0.2, 0) is 0 Å². The molecule has 1 atom stereocenters. The van der Waals surface area contributed by atoms with Crippen molar-refractivity contribution in [2.24, 2.45) is 22.6 Å². The van der Waals surface area contributed by atoms with Gasteiger partial charge in [0.25, 0.3) is 0 Å². The van der Waals surface area contributed by atoms with Gasteiger partial charge in [-0.1, -0.05) is 0 Å². The smallest absolute Gasteiger partial charge is 0.150 e. The van der Waals surface area contributed by atoms with Crippen LogP contribution < -0.4 is 5.73 Å². The Bertz CT molecular complexity index is 480. The Morgan fingerprint density at radius 2 is 2.10 bits per heavy atom. The van der Waals surface area contributed by atoms with Gasteiger partial charge in [0.15, 0.2) is 0 Å². The molecule has 1 unspecified atom stereocenters. The van der Waals surface area contributed by atoms with Crippen molar-refractivity contribution in [3.05, 3.63) is 21.8 Å². The van der Waals surface area contributed by atoms with E-state index >= 15 is 0 Å². The van der Waals surface area contributed by atoms with Gasteiger partial charge in [-0.3, -0.25) is 0 Å². The number of halogens is 1. The standard InChI is InChI=1S/C14H21IN4O/c1-18-12(15)11-13(16)17-6-7-19(11)14(18)10-4-2-9(8-20)3-5-10/h6-7,9-10,14,20H,2-5,8H2,1H3,(H2,16,17). The maximum atomic E-state index is 9.29. The molecule has 3 rings (SSSR count). The van der Waals surface area contributed by atoms with Gasteiger partial charge in [0, 0.05) is 26.1 Å². The normalized spacial score (nSPS) is 33.5.